The minimum Gasteiger partial charge on any atom is -0.300 e. The van der Waals surface area contributed by atoms with Gasteiger partial charge in [-0.2, -0.15) is 0 Å². The molecule has 0 radical (unpaired) electrons. The number of thiazole rings is 1. The molecule has 124 valence electrons. The van der Waals surface area contributed by atoms with Crippen LogP contribution in [0.2, 0.25) is 0 Å². The number of rotatable bonds is 7. The highest BCUT2D eigenvalue weighted by atomic mass is 32.1. The first kappa shape index (κ1) is 17.4. The number of fused-ring (bicyclic) bond motifs is 1. The summed E-state index contributed by atoms with van der Waals surface area (Å²) in [6, 6.07) is 0. The summed E-state index contributed by atoms with van der Waals surface area (Å²) in [5, 5.41) is 6.22. The molecule has 0 aromatic carbocycles. The smallest absolute Gasteiger partial charge is 0.300 e. The maximum absolute atomic E-state index is 13.2. The molecule has 2 heterocycles. The van der Waals surface area contributed by atoms with E-state index in [2.05, 4.69) is 12.0 Å². The molecule has 0 fully saturated rings. The van der Waals surface area contributed by atoms with Crippen molar-refractivity contribution < 1.29 is 18.3 Å². The molecule has 7 nitrogen and oxygen atoms in total. The van der Waals surface area contributed by atoms with E-state index in [0.717, 1.165) is 18.7 Å². The molecule has 0 unspecified atom stereocenters. The normalized spacial score (nSPS) is 12.9. The van der Waals surface area contributed by atoms with Crippen LogP contribution in [-0.2, 0) is 20.0 Å². The van der Waals surface area contributed by atoms with Crippen molar-refractivity contribution in [2.45, 2.75) is 59.7 Å². The van der Waals surface area contributed by atoms with E-state index in [1.807, 2.05) is 27.7 Å². The van der Waals surface area contributed by atoms with Gasteiger partial charge < -0.3 is 9.05 Å². The molecular formula is C13H24N4O3PS+. The number of hydrogen-bond donors (Lipinski definition) is 1. The van der Waals surface area contributed by atoms with E-state index in [1.54, 1.807) is 9.90 Å². The summed E-state index contributed by atoms with van der Waals surface area (Å²) in [6.07, 6.45) is 1.23. The molecule has 2 aromatic heterocycles. The van der Waals surface area contributed by atoms with Crippen LogP contribution in [0.3, 0.4) is 0 Å². The van der Waals surface area contributed by atoms with Gasteiger partial charge in [0.05, 0.1) is 12.2 Å². The Morgan fingerprint density at radius 3 is 2.45 bits per heavy atom. The Bertz CT molecular complexity index is 681. The lowest BCUT2D eigenvalue weighted by molar-refractivity contribution is -0.618. The Kier molecular flexibility index (Phi) is 5.27. The molecule has 2 aromatic rings. The molecule has 0 saturated heterocycles. The fourth-order valence-electron chi connectivity index (χ4n) is 2.09. The number of aryl methyl sites for hydroxylation is 1. The highest BCUT2D eigenvalue weighted by Crippen LogP contribution is 2.49. The lowest BCUT2D eigenvalue weighted by atomic mass is 10.3. The maximum atomic E-state index is 13.2. The van der Waals surface area contributed by atoms with Crippen LogP contribution < -0.4 is 16.0 Å². The van der Waals surface area contributed by atoms with Crippen LogP contribution in [0.5, 0.6) is 0 Å². The number of aromatic nitrogens is 3. The quantitative estimate of drug-likeness (QED) is 0.471. The Morgan fingerprint density at radius 2 is 1.95 bits per heavy atom. The summed E-state index contributed by atoms with van der Waals surface area (Å²) < 4.78 is 27.6. The van der Waals surface area contributed by atoms with E-state index in [-0.39, 0.29) is 12.2 Å². The summed E-state index contributed by atoms with van der Waals surface area (Å²) in [4.78, 5) is 0.707. The van der Waals surface area contributed by atoms with Crippen molar-refractivity contribution in [3.05, 3.63) is 11.2 Å². The lowest BCUT2D eigenvalue weighted by Crippen LogP contribution is -2.46. The average molecular weight is 347 g/mol. The number of nitrogens with two attached hydrogens (primary N) is 1. The van der Waals surface area contributed by atoms with Crippen molar-refractivity contribution in [1.29, 1.82) is 0 Å². The van der Waals surface area contributed by atoms with Gasteiger partial charge in [0, 0.05) is 16.9 Å². The predicted octanol–water partition coefficient (Wildman–Crippen LogP) is 2.02. The largest absolute Gasteiger partial charge is 0.397 e. The third kappa shape index (κ3) is 3.35. The fourth-order valence-corrected chi connectivity index (χ4v) is 5.35. The van der Waals surface area contributed by atoms with E-state index in [0.29, 0.717) is 10.4 Å². The zero-order valence-electron chi connectivity index (χ0n) is 13.6. The summed E-state index contributed by atoms with van der Waals surface area (Å²) in [7, 11) is -3.47. The molecule has 22 heavy (non-hydrogen) atoms. The van der Waals surface area contributed by atoms with Crippen molar-refractivity contribution in [3.63, 3.8) is 0 Å². The predicted molar refractivity (Wildman–Crippen MR) is 87.1 cm³/mol. The summed E-state index contributed by atoms with van der Waals surface area (Å²) >= 11 is 1.37. The lowest BCUT2D eigenvalue weighted by Gasteiger charge is -2.20. The molecule has 0 bridgehead atoms. The molecule has 9 heteroatoms. The van der Waals surface area contributed by atoms with Gasteiger partial charge >= 0.3 is 18.4 Å². The first-order valence-corrected chi connectivity index (χ1v) is 9.84. The summed E-state index contributed by atoms with van der Waals surface area (Å²) in [6.45, 7) is 9.37. The van der Waals surface area contributed by atoms with Gasteiger partial charge in [-0.05, 0) is 34.1 Å². The second-order valence-corrected chi connectivity index (χ2v) is 8.34. The molecule has 0 spiro atoms. The van der Waals surface area contributed by atoms with Crippen LogP contribution >= 0.6 is 18.9 Å². The zero-order chi connectivity index (χ0) is 16.5. The van der Waals surface area contributed by atoms with E-state index in [1.165, 1.54) is 16.0 Å². The molecule has 2 N–H and O–H groups in total. The van der Waals surface area contributed by atoms with Crippen molar-refractivity contribution in [2.24, 2.45) is 0 Å². The van der Waals surface area contributed by atoms with E-state index < -0.39 is 7.60 Å². The molecule has 2 rings (SSSR count). The maximum Gasteiger partial charge on any atom is 0.397 e. The average Bonchev–Trinajstić information content (AvgIpc) is 2.90. The third-order valence-electron chi connectivity index (χ3n) is 2.82. The zero-order valence-corrected chi connectivity index (χ0v) is 15.4. The van der Waals surface area contributed by atoms with Gasteiger partial charge in [-0.1, -0.05) is 22.8 Å². The summed E-state index contributed by atoms with van der Waals surface area (Å²) in [5.41, 5.74) is 0.427. The molecule has 0 saturated carbocycles. The van der Waals surface area contributed by atoms with Crippen LogP contribution in [0.15, 0.2) is 5.38 Å². The molecule has 0 atom stereocenters. The van der Waals surface area contributed by atoms with Crippen molar-refractivity contribution in [2.75, 3.05) is 5.84 Å². The number of nitrogen functional groups attached to an aromatic ring is 1. The topological polar surface area (TPSA) is 82.7 Å². The van der Waals surface area contributed by atoms with E-state index in [9.17, 15) is 4.57 Å². The van der Waals surface area contributed by atoms with Crippen molar-refractivity contribution >= 4 is 29.3 Å². The van der Waals surface area contributed by atoms with Crippen molar-refractivity contribution in [3.8, 4) is 0 Å². The molecule has 0 amide bonds. The highest BCUT2D eigenvalue weighted by Gasteiger charge is 2.39. The number of nitrogens with zero attached hydrogens (tertiary/aromatic N) is 3. The van der Waals surface area contributed by atoms with Gasteiger partial charge in [-0.25, -0.2) is 0 Å². The van der Waals surface area contributed by atoms with Crippen molar-refractivity contribution in [1.82, 2.24) is 9.61 Å². The first-order valence-electron chi connectivity index (χ1n) is 7.42. The minimum atomic E-state index is -3.47. The van der Waals surface area contributed by atoms with Gasteiger partial charge in [0.1, 0.15) is 0 Å². The first-order chi connectivity index (χ1) is 10.3. The standard InChI is InChI=1S/C13H24N4O3PS/c1-6-7-11-15-17-12(8-22-13(17)16(11)14)21(18,19-9(2)3)20-10(4)5/h8-10H,6-7,14H2,1-5H3/q+1. The van der Waals surface area contributed by atoms with Gasteiger partial charge in [-0.3, -0.25) is 10.4 Å². The third-order valence-corrected chi connectivity index (χ3v) is 6.20. The van der Waals surface area contributed by atoms with Crippen LogP contribution in [0.25, 0.3) is 4.96 Å². The second kappa shape index (κ2) is 6.66. The van der Waals surface area contributed by atoms with Crippen LogP contribution in [-0.4, -0.2) is 21.8 Å². The van der Waals surface area contributed by atoms with Gasteiger partial charge in [-0.15, -0.1) is 4.68 Å². The van der Waals surface area contributed by atoms with Crippen LogP contribution in [0.1, 0.15) is 46.9 Å². The monoisotopic (exact) mass is 347 g/mol. The Labute approximate surface area is 134 Å². The Morgan fingerprint density at radius 1 is 1.36 bits per heavy atom. The summed E-state index contributed by atoms with van der Waals surface area (Å²) in [5.74, 6) is 6.80. The van der Waals surface area contributed by atoms with Gasteiger partial charge in [0.2, 0.25) is 5.44 Å². The molecule has 0 aliphatic heterocycles. The Balaban J connectivity index is 2.54. The van der Waals surface area contributed by atoms with E-state index in [4.69, 9.17) is 14.9 Å². The molecule has 0 aliphatic carbocycles. The van der Waals surface area contributed by atoms with Crippen LogP contribution in [0, 0.1) is 0 Å². The SMILES string of the molecule is CCCc1nn2c(P(=O)(OC(C)C)OC(C)C)csc2[n+]1N. The minimum absolute atomic E-state index is 0.227. The highest BCUT2D eigenvalue weighted by molar-refractivity contribution is 7.62. The van der Waals surface area contributed by atoms with Crippen LogP contribution in [0.4, 0.5) is 0 Å². The molecule has 0 aliphatic rings. The molecular weight excluding hydrogens is 323 g/mol. The number of hydrogen-bond acceptors (Lipinski definition) is 6. The van der Waals surface area contributed by atoms with Gasteiger partial charge in [0.15, 0.2) is 0 Å². The van der Waals surface area contributed by atoms with Gasteiger partial charge in [0.25, 0.3) is 0 Å². The second-order valence-electron chi connectivity index (χ2n) is 5.63. The fraction of sp³-hybridized carbons (Fsp3) is 0.692. The Hall–Kier alpha value is -0.950. The van der Waals surface area contributed by atoms with E-state index >= 15 is 0 Å².